The summed E-state index contributed by atoms with van der Waals surface area (Å²) in [5.41, 5.74) is 0.362. The molecule has 2 aromatic carbocycles. The van der Waals surface area contributed by atoms with E-state index in [1.54, 1.807) is 0 Å². The largest absolute Gasteiger partial charge is 0.435 e. The minimum absolute atomic E-state index is 0.0201. The predicted octanol–water partition coefficient (Wildman–Crippen LogP) is 4.61. The summed E-state index contributed by atoms with van der Waals surface area (Å²) in [5.74, 6) is 3.34. The lowest BCUT2D eigenvalue weighted by Crippen LogP contribution is -2.01. The summed E-state index contributed by atoms with van der Waals surface area (Å²) < 4.78 is 55.6. The first-order valence-corrected chi connectivity index (χ1v) is 6.18. The average Bonchev–Trinajstić information content (AvgIpc) is 2.47. The van der Waals surface area contributed by atoms with Crippen molar-refractivity contribution in [3.63, 3.8) is 0 Å². The van der Waals surface area contributed by atoms with Crippen LogP contribution in [0, 0.1) is 23.5 Å². The van der Waals surface area contributed by atoms with E-state index in [1.165, 1.54) is 30.3 Å². The van der Waals surface area contributed by atoms with Gasteiger partial charge in [0.05, 0.1) is 5.56 Å². The maximum absolute atomic E-state index is 13.7. The number of ether oxygens (including phenoxy) is 1. The molecule has 0 aliphatic carbocycles. The van der Waals surface area contributed by atoms with Crippen LogP contribution in [0.3, 0.4) is 0 Å². The molecule has 0 aliphatic heterocycles. The van der Waals surface area contributed by atoms with Gasteiger partial charge in [-0.15, -0.1) is 0 Å². The third-order valence-corrected chi connectivity index (χ3v) is 2.71. The summed E-state index contributed by atoms with van der Waals surface area (Å²) in [7, 11) is 0. The van der Waals surface area contributed by atoms with E-state index in [9.17, 15) is 17.6 Å². The third kappa shape index (κ3) is 3.89. The van der Waals surface area contributed by atoms with E-state index in [1.807, 2.05) is 0 Å². The molecule has 0 fully saturated rings. The molecule has 0 N–H and O–H groups in total. The zero-order valence-electron chi connectivity index (χ0n) is 11.2. The molecule has 1 nitrogen and oxygen atoms in total. The first-order chi connectivity index (χ1) is 10.5. The molecule has 0 spiro atoms. The second-order valence-corrected chi connectivity index (χ2v) is 4.22. The Kier molecular flexibility index (Phi) is 4.84. The first-order valence-electron chi connectivity index (χ1n) is 6.18. The smallest absolute Gasteiger partial charge is 0.387 e. The lowest BCUT2D eigenvalue weighted by Gasteiger charge is -2.03. The fraction of sp³-hybridized carbons (Fsp3) is 0.0588. The van der Waals surface area contributed by atoms with Gasteiger partial charge in [0.1, 0.15) is 17.4 Å². The molecule has 0 saturated heterocycles. The topological polar surface area (TPSA) is 9.23 Å². The van der Waals surface area contributed by atoms with Crippen LogP contribution in [-0.4, -0.2) is 6.61 Å². The Hall–Kier alpha value is -2.74. The number of hydrogen-bond donors (Lipinski definition) is 0. The first kappa shape index (κ1) is 15.6. The molecule has 0 heterocycles. The minimum Gasteiger partial charge on any atom is -0.435 e. The van der Waals surface area contributed by atoms with Crippen LogP contribution in [0.1, 0.15) is 16.7 Å². The van der Waals surface area contributed by atoms with Crippen molar-refractivity contribution in [2.45, 2.75) is 6.61 Å². The van der Waals surface area contributed by atoms with Crippen LogP contribution in [0.2, 0.25) is 0 Å². The van der Waals surface area contributed by atoms with Gasteiger partial charge >= 0.3 is 6.61 Å². The van der Waals surface area contributed by atoms with Gasteiger partial charge in [-0.25, -0.2) is 8.78 Å². The summed E-state index contributed by atoms with van der Waals surface area (Å²) in [4.78, 5) is 0. The van der Waals surface area contributed by atoms with E-state index in [2.05, 4.69) is 23.2 Å². The van der Waals surface area contributed by atoms with Gasteiger partial charge in [-0.3, -0.25) is 0 Å². The zero-order valence-corrected chi connectivity index (χ0v) is 11.2. The summed E-state index contributed by atoms with van der Waals surface area (Å²) in [6, 6.07) is 7.67. The minimum atomic E-state index is -2.91. The molecule has 0 bridgehead atoms. The third-order valence-electron chi connectivity index (χ3n) is 2.71. The van der Waals surface area contributed by atoms with E-state index in [4.69, 9.17) is 0 Å². The highest BCUT2D eigenvalue weighted by Gasteiger charge is 2.08. The van der Waals surface area contributed by atoms with Gasteiger partial charge < -0.3 is 4.74 Å². The maximum Gasteiger partial charge on any atom is 0.387 e. The molecular formula is C17H10F4O. The molecular weight excluding hydrogens is 296 g/mol. The molecule has 5 heteroatoms. The van der Waals surface area contributed by atoms with E-state index in [0.717, 1.165) is 12.1 Å². The van der Waals surface area contributed by atoms with Crippen LogP contribution in [0.15, 0.2) is 43.0 Å². The van der Waals surface area contributed by atoms with Gasteiger partial charge in [-0.1, -0.05) is 24.5 Å². The van der Waals surface area contributed by atoms with Crippen molar-refractivity contribution in [3.8, 4) is 17.6 Å². The van der Waals surface area contributed by atoms with Gasteiger partial charge in [0.15, 0.2) is 0 Å². The van der Waals surface area contributed by atoms with Crippen molar-refractivity contribution in [3.05, 3.63) is 71.3 Å². The van der Waals surface area contributed by atoms with Crippen molar-refractivity contribution >= 4 is 6.08 Å². The fourth-order valence-corrected chi connectivity index (χ4v) is 1.68. The second-order valence-electron chi connectivity index (χ2n) is 4.22. The van der Waals surface area contributed by atoms with E-state index >= 15 is 0 Å². The van der Waals surface area contributed by atoms with Crippen molar-refractivity contribution in [2.24, 2.45) is 0 Å². The van der Waals surface area contributed by atoms with Crippen LogP contribution >= 0.6 is 0 Å². The number of hydrogen-bond acceptors (Lipinski definition) is 1. The van der Waals surface area contributed by atoms with E-state index in [0.29, 0.717) is 11.1 Å². The highest BCUT2D eigenvalue weighted by molar-refractivity contribution is 5.52. The Morgan fingerprint density at radius 1 is 1.00 bits per heavy atom. The molecule has 112 valence electrons. The normalized spacial score (nSPS) is 10.0. The van der Waals surface area contributed by atoms with Gasteiger partial charge in [0, 0.05) is 5.56 Å². The molecule has 22 heavy (non-hydrogen) atoms. The number of alkyl halides is 2. The van der Waals surface area contributed by atoms with Crippen LogP contribution < -0.4 is 4.74 Å². The molecule has 2 rings (SSSR count). The van der Waals surface area contributed by atoms with Crippen LogP contribution in [-0.2, 0) is 0 Å². The van der Waals surface area contributed by atoms with Crippen LogP contribution in [0.4, 0.5) is 17.6 Å². The number of rotatable bonds is 3. The molecule has 0 atom stereocenters. The van der Waals surface area contributed by atoms with Gasteiger partial charge in [0.25, 0.3) is 0 Å². The Morgan fingerprint density at radius 2 is 1.59 bits per heavy atom. The molecule has 0 saturated carbocycles. The second kappa shape index (κ2) is 6.81. The SMILES string of the molecule is C=Cc1cc(F)c(C#Cc2ccc(OC(F)F)cc2)c(F)c1. The molecule has 0 aromatic heterocycles. The summed E-state index contributed by atoms with van der Waals surface area (Å²) in [5, 5.41) is 0. The molecule has 0 radical (unpaired) electrons. The number of benzene rings is 2. The monoisotopic (exact) mass is 306 g/mol. The quantitative estimate of drug-likeness (QED) is 0.594. The number of halogens is 4. The Balaban J connectivity index is 2.25. The highest BCUT2D eigenvalue weighted by Crippen LogP contribution is 2.17. The fourth-order valence-electron chi connectivity index (χ4n) is 1.68. The van der Waals surface area contributed by atoms with Crippen molar-refractivity contribution in [2.75, 3.05) is 0 Å². The maximum atomic E-state index is 13.7. The predicted molar refractivity (Wildman–Crippen MR) is 75.5 cm³/mol. The van der Waals surface area contributed by atoms with E-state index in [-0.39, 0.29) is 11.3 Å². The van der Waals surface area contributed by atoms with Gasteiger partial charge in [0.2, 0.25) is 0 Å². The van der Waals surface area contributed by atoms with Crippen LogP contribution in [0.25, 0.3) is 6.08 Å². The molecule has 0 unspecified atom stereocenters. The van der Waals surface area contributed by atoms with E-state index < -0.39 is 18.2 Å². The molecule has 0 amide bonds. The lowest BCUT2D eigenvalue weighted by molar-refractivity contribution is -0.0498. The lowest BCUT2D eigenvalue weighted by atomic mass is 10.1. The standard InChI is InChI=1S/C17H10F4O/c1-2-11-9-15(18)14(16(19)10-11)8-5-12-3-6-13(7-4-12)22-17(20)21/h2-4,6-7,9-10,17H,1H2. The summed E-state index contributed by atoms with van der Waals surface area (Å²) in [6.07, 6.45) is 1.32. The zero-order chi connectivity index (χ0) is 16.1. The van der Waals surface area contributed by atoms with Crippen LogP contribution in [0.5, 0.6) is 5.75 Å². The molecule has 2 aromatic rings. The highest BCUT2D eigenvalue weighted by atomic mass is 19.3. The average molecular weight is 306 g/mol. The van der Waals surface area contributed by atoms with Crippen molar-refractivity contribution in [1.82, 2.24) is 0 Å². The van der Waals surface area contributed by atoms with Crippen molar-refractivity contribution in [1.29, 1.82) is 0 Å². The molecule has 0 aliphatic rings. The summed E-state index contributed by atoms with van der Waals surface area (Å²) in [6.45, 7) is 0.517. The Morgan fingerprint density at radius 3 is 2.09 bits per heavy atom. The van der Waals surface area contributed by atoms with Crippen molar-refractivity contribution < 1.29 is 22.3 Å². The van der Waals surface area contributed by atoms with Gasteiger partial charge in [-0.2, -0.15) is 8.78 Å². The van der Waals surface area contributed by atoms with Gasteiger partial charge in [-0.05, 0) is 42.0 Å². The summed E-state index contributed by atoms with van der Waals surface area (Å²) >= 11 is 0. The Bertz CT molecular complexity index is 716. The Labute approximate surface area is 124 Å².